The van der Waals surface area contributed by atoms with Gasteiger partial charge in [0.15, 0.2) is 6.61 Å². The number of carbonyl (C=O) groups is 2. The zero-order valence-electron chi connectivity index (χ0n) is 16.5. The van der Waals surface area contributed by atoms with E-state index in [-0.39, 0.29) is 12.7 Å². The maximum absolute atomic E-state index is 12.2. The van der Waals surface area contributed by atoms with Gasteiger partial charge in [-0.25, -0.2) is 4.79 Å². The van der Waals surface area contributed by atoms with E-state index >= 15 is 0 Å². The van der Waals surface area contributed by atoms with Crippen LogP contribution in [0.25, 0.3) is 10.8 Å². The maximum Gasteiger partial charge on any atom is 0.338 e. The molecule has 1 heterocycles. The van der Waals surface area contributed by atoms with Crippen molar-refractivity contribution < 1.29 is 23.8 Å². The Hall–Kier alpha value is -3.38. The molecule has 1 atom stereocenters. The summed E-state index contributed by atoms with van der Waals surface area (Å²) in [7, 11) is 0. The minimum atomic E-state index is -0.561. The summed E-state index contributed by atoms with van der Waals surface area (Å²) < 4.78 is 16.3. The van der Waals surface area contributed by atoms with Gasteiger partial charge in [-0.05, 0) is 60.0 Å². The summed E-state index contributed by atoms with van der Waals surface area (Å²) in [5.41, 5.74) is 1.01. The zero-order chi connectivity index (χ0) is 20.8. The Morgan fingerprint density at radius 2 is 1.80 bits per heavy atom. The van der Waals surface area contributed by atoms with E-state index < -0.39 is 11.9 Å². The molecule has 1 N–H and O–H groups in total. The molecule has 3 aromatic carbocycles. The van der Waals surface area contributed by atoms with E-state index in [2.05, 4.69) is 5.32 Å². The van der Waals surface area contributed by atoms with E-state index in [1.54, 1.807) is 24.3 Å². The van der Waals surface area contributed by atoms with Crippen molar-refractivity contribution in [3.05, 3.63) is 72.3 Å². The number of anilines is 1. The van der Waals surface area contributed by atoms with Crippen molar-refractivity contribution in [3.8, 4) is 5.75 Å². The number of rotatable bonds is 7. The Bertz CT molecular complexity index is 1030. The molecule has 4 rings (SSSR count). The molecule has 0 aliphatic carbocycles. The quantitative estimate of drug-likeness (QED) is 0.597. The van der Waals surface area contributed by atoms with E-state index in [1.807, 2.05) is 42.5 Å². The average molecular weight is 405 g/mol. The second-order valence-corrected chi connectivity index (χ2v) is 7.16. The first-order valence-corrected chi connectivity index (χ1v) is 9.98. The third kappa shape index (κ3) is 5.15. The van der Waals surface area contributed by atoms with Crippen LogP contribution in [0.5, 0.6) is 5.75 Å². The lowest BCUT2D eigenvalue weighted by Gasteiger charge is -2.11. The standard InChI is InChI=1S/C24H23NO5/c26-23(25-20-10-7-17-4-1-2-5-19(17)14-20)16-30-24(27)18-8-11-21(12-9-18)29-15-22-6-3-13-28-22/h1-2,4-5,7-12,14,22H,3,6,13,15-16H2,(H,25,26)/t22-/m1/s1. The van der Waals surface area contributed by atoms with Gasteiger partial charge in [0, 0.05) is 12.3 Å². The molecule has 0 unspecified atom stereocenters. The monoisotopic (exact) mass is 405 g/mol. The second-order valence-electron chi connectivity index (χ2n) is 7.16. The molecule has 1 fully saturated rings. The number of benzene rings is 3. The highest BCUT2D eigenvalue weighted by molar-refractivity contribution is 5.97. The van der Waals surface area contributed by atoms with E-state index in [0.29, 0.717) is 23.6 Å². The van der Waals surface area contributed by atoms with Gasteiger partial charge < -0.3 is 19.5 Å². The van der Waals surface area contributed by atoms with Crippen LogP contribution >= 0.6 is 0 Å². The molecular weight excluding hydrogens is 382 g/mol. The SMILES string of the molecule is O=C(COC(=O)c1ccc(OC[C@H]2CCCO2)cc1)Nc1ccc2ccccc2c1. The fourth-order valence-electron chi connectivity index (χ4n) is 3.33. The van der Waals surface area contributed by atoms with Gasteiger partial charge in [-0.3, -0.25) is 4.79 Å². The van der Waals surface area contributed by atoms with Crippen LogP contribution in [0, 0.1) is 0 Å². The van der Waals surface area contributed by atoms with Gasteiger partial charge >= 0.3 is 5.97 Å². The van der Waals surface area contributed by atoms with Crippen LogP contribution in [0.1, 0.15) is 23.2 Å². The van der Waals surface area contributed by atoms with Crippen LogP contribution in [0.4, 0.5) is 5.69 Å². The fraction of sp³-hybridized carbons (Fsp3) is 0.250. The fourth-order valence-corrected chi connectivity index (χ4v) is 3.33. The smallest absolute Gasteiger partial charge is 0.338 e. The predicted molar refractivity (Wildman–Crippen MR) is 114 cm³/mol. The number of nitrogens with one attached hydrogen (secondary N) is 1. The van der Waals surface area contributed by atoms with Crippen LogP contribution in [0.3, 0.4) is 0 Å². The molecule has 0 radical (unpaired) electrons. The molecule has 30 heavy (non-hydrogen) atoms. The predicted octanol–water partition coefficient (Wildman–Crippen LogP) is 4.19. The molecule has 3 aromatic rings. The summed E-state index contributed by atoms with van der Waals surface area (Å²) in [4.78, 5) is 24.3. The largest absolute Gasteiger partial charge is 0.491 e. The van der Waals surface area contributed by atoms with E-state index in [0.717, 1.165) is 30.2 Å². The first kappa shape index (κ1) is 19.9. The van der Waals surface area contributed by atoms with Gasteiger partial charge in [0.25, 0.3) is 5.91 Å². The van der Waals surface area contributed by atoms with E-state index in [1.165, 1.54) is 0 Å². The molecule has 6 nitrogen and oxygen atoms in total. The summed E-state index contributed by atoms with van der Waals surface area (Å²) in [6.07, 6.45) is 2.20. The molecule has 0 spiro atoms. The van der Waals surface area contributed by atoms with Crippen molar-refractivity contribution in [1.29, 1.82) is 0 Å². The molecule has 0 bridgehead atoms. The zero-order valence-corrected chi connectivity index (χ0v) is 16.5. The Labute approximate surface area is 174 Å². The Kier molecular flexibility index (Phi) is 6.25. The number of carbonyl (C=O) groups excluding carboxylic acids is 2. The van der Waals surface area contributed by atoms with Gasteiger partial charge in [-0.1, -0.05) is 30.3 Å². The van der Waals surface area contributed by atoms with Crippen molar-refractivity contribution in [2.24, 2.45) is 0 Å². The first-order valence-electron chi connectivity index (χ1n) is 9.98. The number of hydrogen-bond acceptors (Lipinski definition) is 5. The van der Waals surface area contributed by atoms with Crippen molar-refractivity contribution in [2.45, 2.75) is 18.9 Å². The average Bonchev–Trinajstić information content (AvgIpc) is 3.30. The number of esters is 1. The van der Waals surface area contributed by atoms with Gasteiger partial charge in [0.1, 0.15) is 12.4 Å². The van der Waals surface area contributed by atoms with Crippen molar-refractivity contribution in [3.63, 3.8) is 0 Å². The third-order valence-electron chi connectivity index (χ3n) is 4.92. The van der Waals surface area contributed by atoms with Gasteiger partial charge in [-0.15, -0.1) is 0 Å². The highest BCUT2D eigenvalue weighted by Gasteiger charge is 2.16. The second kappa shape index (κ2) is 9.41. The Morgan fingerprint density at radius 3 is 2.57 bits per heavy atom. The van der Waals surface area contributed by atoms with Crippen LogP contribution < -0.4 is 10.1 Å². The van der Waals surface area contributed by atoms with Gasteiger partial charge in [0.2, 0.25) is 0 Å². The number of ether oxygens (including phenoxy) is 3. The normalized spacial score (nSPS) is 15.7. The summed E-state index contributed by atoms with van der Waals surface area (Å²) >= 11 is 0. The van der Waals surface area contributed by atoms with Crippen LogP contribution in [-0.2, 0) is 14.3 Å². The summed E-state index contributed by atoms with van der Waals surface area (Å²) in [6, 6.07) is 20.2. The summed E-state index contributed by atoms with van der Waals surface area (Å²) in [5.74, 6) is -0.291. The molecule has 1 aliphatic rings. The highest BCUT2D eigenvalue weighted by atomic mass is 16.5. The lowest BCUT2D eigenvalue weighted by molar-refractivity contribution is -0.119. The molecule has 6 heteroatoms. The number of amides is 1. The lowest BCUT2D eigenvalue weighted by atomic mass is 10.1. The van der Waals surface area contributed by atoms with Crippen molar-refractivity contribution in [1.82, 2.24) is 0 Å². The molecule has 0 saturated carbocycles. The highest BCUT2D eigenvalue weighted by Crippen LogP contribution is 2.19. The summed E-state index contributed by atoms with van der Waals surface area (Å²) in [5, 5.41) is 4.86. The van der Waals surface area contributed by atoms with Gasteiger partial charge in [-0.2, -0.15) is 0 Å². The number of hydrogen-bond donors (Lipinski definition) is 1. The van der Waals surface area contributed by atoms with Crippen LogP contribution in [0.2, 0.25) is 0 Å². The first-order chi connectivity index (χ1) is 14.7. The molecule has 1 saturated heterocycles. The van der Waals surface area contributed by atoms with Crippen molar-refractivity contribution >= 4 is 28.3 Å². The molecule has 154 valence electrons. The summed E-state index contributed by atoms with van der Waals surface area (Å²) in [6.45, 7) is 0.926. The minimum Gasteiger partial charge on any atom is -0.491 e. The Balaban J connectivity index is 1.25. The molecule has 1 aliphatic heterocycles. The molecule has 0 aromatic heterocycles. The lowest BCUT2D eigenvalue weighted by Crippen LogP contribution is -2.21. The van der Waals surface area contributed by atoms with Gasteiger partial charge in [0.05, 0.1) is 11.7 Å². The molecule has 1 amide bonds. The maximum atomic E-state index is 12.2. The third-order valence-corrected chi connectivity index (χ3v) is 4.92. The Morgan fingerprint density at radius 1 is 1.00 bits per heavy atom. The van der Waals surface area contributed by atoms with E-state index in [9.17, 15) is 9.59 Å². The van der Waals surface area contributed by atoms with E-state index in [4.69, 9.17) is 14.2 Å². The van der Waals surface area contributed by atoms with Crippen LogP contribution in [0.15, 0.2) is 66.7 Å². The topological polar surface area (TPSA) is 73.9 Å². The van der Waals surface area contributed by atoms with Crippen molar-refractivity contribution in [2.75, 3.05) is 25.1 Å². The number of fused-ring (bicyclic) bond motifs is 1. The molecular formula is C24H23NO5. The minimum absolute atomic E-state index is 0.135. The van der Waals surface area contributed by atoms with Crippen LogP contribution in [-0.4, -0.2) is 37.8 Å².